The van der Waals surface area contributed by atoms with E-state index in [0.717, 1.165) is 21.2 Å². The lowest BCUT2D eigenvalue weighted by Gasteiger charge is -2.03. The summed E-state index contributed by atoms with van der Waals surface area (Å²) in [5.74, 6) is -0.409. The molecule has 4 rings (SSSR count). The van der Waals surface area contributed by atoms with Crippen LogP contribution in [0.3, 0.4) is 0 Å². The first kappa shape index (κ1) is 21.0. The molecule has 0 radical (unpaired) electrons. The van der Waals surface area contributed by atoms with Gasteiger partial charge in [0.25, 0.3) is 5.91 Å². The van der Waals surface area contributed by atoms with Crippen LogP contribution in [0.25, 0.3) is 22.4 Å². The second-order valence-corrected chi connectivity index (χ2v) is 8.40. The van der Waals surface area contributed by atoms with Crippen molar-refractivity contribution in [2.24, 2.45) is 5.10 Å². The van der Waals surface area contributed by atoms with Gasteiger partial charge in [0.15, 0.2) is 0 Å². The third kappa shape index (κ3) is 4.92. The van der Waals surface area contributed by atoms with E-state index in [-0.39, 0.29) is 11.4 Å². The lowest BCUT2D eigenvalue weighted by atomic mass is 10.0. The summed E-state index contributed by atoms with van der Waals surface area (Å²) >= 11 is 6.60. The van der Waals surface area contributed by atoms with Crippen LogP contribution in [0.4, 0.5) is 0 Å². The Morgan fingerprint density at radius 3 is 2.39 bits per heavy atom. The van der Waals surface area contributed by atoms with Gasteiger partial charge in [-0.3, -0.25) is 9.89 Å². The van der Waals surface area contributed by atoms with Gasteiger partial charge in [0.05, 0.1) is 16.4 Å². The highest BCUT2D eigenvalue weighted by atomic mass is 79.9. The number of hydrogen-bond donors (Lipinski definition) is 3. The molecule has 3 N–H and O–H groups in total. The number of nitrogens with one attached hydrogen (secondary N) is 2. The van der Waals surface area contributed by atoms with Crippen molar-refractivity contribution in [2.45, 2.75) is 0 Å². The van der Waals surface area contributed by atoms with Gasteiger partial charge < -0.3 is 5.11 Å². The van der Waals surface area contributed by atoms with Gasteiger partial charge in [0, 0.05) is 15.6 Å². The van der Waals surface area contributed by atoms with Crippen LogP contribution in [0.15, 0.2) is 86.8 Å². The molecule has 0 aliphatic carbocycles. The average Bonchev–Trinajstić information content (AvgIpc) is 3.28. The van der Waals surface area contributed by atoms with Crippen molar-refractivity contribution < 1.29 is 9.90 Å². The van der Waals surface area contributed by atoms with Crippen LogP contribution in [0.2, 0.25) is 0 Å². The summed E-state index contributed by atoms with van der Waals surface area (Å²) in [6, 6.07) is 23.1. The van der Waals surface area contributed by atoms with Crippen molar-refractivity contribution in [3.8, 4) is 28.1 Å². The number of rotatable bonds is 5. The van der Waals surface area contributed by atoms with Crippen LogP contribution in [0.5, 0.6) is 5.75 Å². The zero-order chi connectivity index (χ0) is 21.8. The summed E-state index contributed by atoms with van der Waals surface area (Å²) in [5.41, 5.74) is 6.94. The molecule has 0 unspecified atom stereocenters. The minimum absolute atomic E-state index is 0.0315. The molecule has 0 aliphatic rings. The Labute approximate surface area is 195 Å². The first-order chi connectivity index (χ1) is 15.0. The Kier molecular flexibility index (Phi) is 6.29. The van der Waals surface area contributed by atoms with Crippen molar-refractivity contribution in [1.82, 2.24) is 15.6 Å². The van der Waals surface area contributed by atoms with E-state index in [0.29, 0.717) is 15.7 Å². The van der Waals surface area contributed by atoms with Gasteiger partial charge in [-0.15, -0.1) is 0 Å². The highest BCUT2D eigenvalue weighted by molar-refractivity contribution is 9.11. The van der Waals surface area contributed by atoms with E-state index in [1.807, 2.05) is 42.5 Å². The van der Waals surface area contributed by atoms with Crippen LogP contribution in [0.1, 0.15) is 16.1 Å². The Balaban J connectivity index is 1.44. The van der Waals surface area contributed by atoms with Crippen LogP contribution >= 0.6 is 31.9 Å². The number of amides is 1. The predicted octanol–water partition coefficient (Wildman–Crippen LogP) is 5.74. The molecule has 0 fully saturated rings. The smallest absolute Gasteiger partial charge is 0.289 e. The Bertz CT molecular complexity index is 1250. The van der Waals surface area contributed by atoms with E-state index in [4.69, 9.17) is 0 Å². The second-order valence-electron chi connectivity index (χ2n) is 6.63. The van der Waals surface area contributed by atoms with Gasteiger partial charge in [-0.2, -0.15) is 10.2 Å². The maximum atomic E-state index is 12.4. The Morgan fingerprint density at radius 1 is 0.968 bits per heavy atom. The number of aromatic nitrogens is 2. The second kappa shape index (κ2) is 9.28. The Morgan fingerprint density at radius 2 is 1.65 bits per heavy atom. The van der Waals surface area contributed by atoms with Gasteiger partial charge in [0.2, 0.25) is 0 Å². The molecule has 0 saturated carbocycles. The number of carbonyl (C=O) groups is 1. The molecule has 0 bridgehead atoms. The molecule has 0 atom stereocenters. The number of benzene rings is 3. The summed E-state index contributed by atoms with van der Waals surface area (Å²) in [6.45, 7) is 0. The van der Waals surface area contributed by atoms with Crippen molar-refractivity contribution in [3.63, 3.8) is 0 Å². The molecule has 3 aromatic carbocycles. The van der Waals surface area contributed by atoms with Gasteiger partial charge in [0.1, 0.15) is 11.4 Å². The number of nitrogens with zero attached hydrogens (tertiary/aromatic N) is 2. The summed E-state index contributed by atoms with van der Waals surface area (Å²) in [5, 5.41) is 20.9. The number of carbonyl (C=O) groups excluding carboxylic acids is 1. The molecule has 0 aliphatic heterocycles. The topological polar surface area (TPSA) is 90.4 Å². The molecule has 6 nitrogen and oxygen atoms in total. The lowest BCUT2D eigenvalue weighted by molar-refractivity contribution is 0.0950. The van der Waals surface area contributed by atoms with E-state index in [9.17, 15) is 9.90 Å². The highest BCUT2D eigenvalue weighted by Gasteiger charge is 2.11. The van der Waals surface area contributed by atoms with Crippen LogP contribution < -0.4 is 5.43 Å². The van der Waals surface area contributed by atoms with Gasteiger partial charge in [-0.1, -0.05) is 70.5 Å². The molecule has 0 spiro atoms. The minimum Gasteiger partial charge on any atom is -0.506 e. The molecule has 154 valence electrons. The number of H-pyrrole nitrogens is 1. The summed E-state index contributed by atoms with van der Waals surface area (Å²) < 4.78 is 1.28. The van der Waals surface area contributed by atoms with E-state index >= 15 is 0 Å². The number of halogens is 2. The van der Waals surface area contributed by atoms with Gasteiger partial charge in [-0.05, 0) is 45.3 Å². The number of hydrazone groups is 1. The van der Waals surface area contributed by atoms with Crippen molar-refractivity contribution in [2.75, 3.05) is 0 Å². The SMILES string of the molecule is O=C(N/N=C/c1cc(Br)cc(Br)c1O)c1cc(-c2ccc(-c3ccccc3)cc2)n[nH]1. The number of hydrogen-bond acceptors (Lipinski definition) is 4. The molecular formula is C23H16Br2N4O2. The zero-order valence-electron chi connectivity index (χ0n) is 16.0. The van der Waals surface area contributed by atoms with E-state index < -0.39 is 5.91 Å². The number of phenolic OH excluding ortho intramolecular Hbond substituents is 1. The van der Waals surface area contributed by atoms with Gasteiger partial charge in [-0.25, -0.2) is 5.43 Å². The molecular weight excluding hydrogens is 524 g/mol. The van der Waals surface area contributed by atoms with E-state index in [1.54, 1.807) is 18.2 Å². The summed E-state index contributed by atoms with van der Waals surface area (Å²) in [4.78, 5) is 12.4. The molecule has 1 amide bonds. The molecule has 0 saturated heterocycles. The third-order valence-electron chi connectivity index (χ3n) is 4.54. The standard InChI is InChI=1S/C23H16Br2N4O2/c24-18-10-17(22(30)19(25)11-18)13-26-29-23(31)21-12-20(27-28-21)16-8-6-15(7-9-16)14-4-2-1-3-5-14/h1-13,30H,(H,27,28)(H,29,31)/b26-13+. The molecule has 31 heavy (non-hydrogen) atoms. The Hall–Kier alpha value is -3.23. The molecule has 1 heterocycles. The zero-order valence-corrected chi connectivity index (χ0v) is 19.2. The fourth-order valence-corrected chi connectivity index (χ4v) is 4.21. The number of aromatic amines is 1. The van der Waals surface area contributed by atoms with Crippen LogP contribution in [0, 0.1) is 0 Å². The maximum Gasteiger partial charge on any atom is 0.289 e. The monoisotopic (exact) mass is 538 g/mol. The van der Waals surface area contributed by atoms with Crippen molar-refractivity contribution >= 4 is 44.0 Å². The number of phenols is 1. The van der Waals surface area contributed by atoms with Crippen molar-refractivity contribution in [1.29, 1.82) is 0 Å². The minimum atomic E-state index is -0.440. The molecule has 4 aromatic rings. The van der Waals surface area contributed by atoms with E-state index in [2.05, 4.69) is 64.7 Å². The summed E-state index contributed by atoms with van der Waals surface area (Å²) in [7, 11) is 0. The molecule has 8 heteroatoms. The average molecular weight is 540 g/mol. The quantitative estimate of drug-likeness (QED) is 0.223. The highest BCUT2D eigenvalue weighted by Crippen LogP contribution is 2.30. The van der Waals surface area contributed by atoms with Crippen LogP contribution in [-0.2, 0) is 0 Å². The van der Waals surface area contributed by atoms with Gasteiger partial charge >= 0.3 is 0 Å². The number of aromatic hydroxyl groups is 1. The van der Waals surface area contributed by atoms with Crippen molar-refractivity contribution in [3.05, 3.63) is 93.0 Å². The maximum absolute atomic E-state index is 12.4. The lowest BCUT2D eigenvalue weighted by Crippen LogP contribution is -2.18. The first-order valence-electron chi connectivity index (χ1n) is 9.24. The third-order valence-corrected chi connectivity index (χ3v) is 5.60. The summed E-state index contributed by atoms with van der Waals surface area (Å²) in [6.07, 6.45) is 1.36. The molecule has 1 aromatic heterocycles. The predicted molar refractivity (Wildman–Crippen MR) is 128 cm³/mol. The normalized spacial score (nSPS) is 11.0. The largest absolute Gasteiger partial charge is 0.506 e. The fraction of sp³-hybridized carbons (Fsp3) is 0. The van der Waals surface area contributed by atoms with E-state index in [1.165, 1.54) is 6.21 Å². The fourth-order valence-electron chi connectivity index (χ4n) is 2.95. The first-order valence-corrected chi connectivity index (χ1v) is 10.8. The van der Waals surface area contributed by atoms with Crippen LogP contribution in [-0.4, -0.2) is 27.4 Å².